The molecule has 0 saturated carbocycles. The zero-order chi connectivity index (χ0) is 19.8. The van der Waals surface area contributed by atoms with Crippen molar-refractivity contribution >= 4 is 11.8 Å². The van der Waals surface area contributed by atoms with Crippen LogP contribution in [-0.2, 0) is 22.4 Å². The van der Waals surface area contributed by atoms with Gasteiger partial charge in [-0.25, -0.2) is 0 Å². The number of rotatable bonds is 8. The number of primary amides is 1. The highest BCUT2D eigenvalue weighted by molar-refractivity contribution is 5.86. The molecule has 4 nitrogen and oxygen atoms in total. The molecule has 0 radical (unpaired) electrons. The van der Waals surface area contributed by atoms with Crippen LogP contribution in [0.5, 0.6) is 0 Å². The van der Waals surface area contributed by atoms with Crippen LogP contribution in [-0.4, -0.2) is 17.9 Å². The van der Waals surface area contributed by atoms with Crippen LogP contribution in [0.25, 0.3) is 11.1 Å². The maximum absolute atomic E-state index is 12.2. The summed E-state index contributed by atoms with van der Waals surface area (Å²) in [6, 6.07) is 27.1. The number of carbonyl (C=O) groups excluding carboxylic acids is 2. The van der Waals surface area contributed by atoms with Crippen LogP contribution in [0.15, 0.2) is 84.9 Å². The molecule has 142 valence electrons. The van der Waals surface area contributed by atoms with E-state index < -0.39 is 11.9 Å². The molecule has 0 saturated heterocycles. The molecule has 3 rings (SSSR count). The molecule has 0 heterocycles. The second-order valence-electron chi connectivity index (χ2n) is 6.78. The number of nitrogens with one attached hydrogen (secondary N) is 1. The summed E-state index contributed by atoms with van der Waals surface area (Å²) in [5.41, 5.74) is 9.78. The highest BCUT2D eigenvalue weighted by Crippen LogP contribution is 2.19. The highest BCUT2D eigenvalue weighted by atomic mass is 16.2. The van der Waals surface area contributed by atoms with Crippen LogP contribution < -0.4 is 11.1 Å². The standard InChI is InChI=1S/C24H24N2O2/c25-24(28)22(26-23(27)16-13-18-7-3-1-4-8-18)17-19-11-14-21(15-12-19)20-9-5-2-6-10-20/h1-12,14-15,22H,13,16-17H2,(H2,25,28)(H,26,27)/t22-/m1/s1. The summed E-state index contributed by atoms with van der Waals surface area (Å²) < 4.78 is 0. The Balaban J connectivity index is 1.58. The summed E-state index contributed by atoms with van der Waals surface area (Å²) in [5, 5.41) is 2.77. The molecule has 28 heavy (non-hydrogen) atoms. The number of hydrogen-bond acceptors (Lipinski definition) is 2. The number of nitrogens with two attached hydrogens (primary N) is 1. The van der Waals surface area contributed by atoms with Gasteiger partial charge in [0.2, 0.25) is 11.8 Å². The van der Waals surface area contributed by atoms with Crippen molar-refractivity contribution in [2.24, 2.45) is 5.73 Å². The van der Waals surface area contributed by atoms with Gasteiger partial charge in [-0.3, -0.25) is 9.59 Å². The van der Waals surface area contributed by atoms with E-state index in [4.69, 9.17) is 5.73 Å². The van der Waals surface area contributed by atoms with Gasteiger partial charge in [0.15, 0.2) is 0 Å². The van der Waals surface area contributed by atoms with Gasteiger partial charge in [-0.1, -0.05) is 84.9 Å². The smallest absolute Gasteiger partial charge is 0.240 e. The van der Waals surface area contributed by atoms with Crippen molar-refractivity contribution in [2.75, 3.05) is 0 Å². The van der Waals surface area contributed by atoms with Gasteiger partial charge in [0, 0.05) is 12.8 Å². The molecule has 0 aliphatic carbocycles. The summed E-state index contributed by atoms with van der Waals surface area (Å²) in [7, 11) is 0. The fraction of sp³-hybridized carbons (Fsp3) is 0.167. The third-order valence-electron chi connectivity index (χ3n) is 4.66. The minimum atomic E-state index is -0.717. The third-order valence-corrected chi connectivity index (χ3v) is 4.66. The fourth-order valence-electron chi connectivity index (χ4n) is 3.09. The first-order valence-corrected chi connectivity index (χ1v) is 9.39. The molecule has 0 bridgehead atoms. The molecule has 3 N–H and O–H groups in total. The van der Waals surface area contributed by atoms with Gasteiger partial charge in [-0.2, -0.15) is 0 Å². The van der Waals surface area contributed by atoms with Crippen molar-refractivity contribution in [3.63, 3.8) is 0 Å². The van der Waals surface area contributed by atoms with Gasteiger partial charge in [0.1, 0.15) is 6.04 Å². The Morgan fingerprint density at radius 2 is 1.32 bits per heavy atom. The summed E-state index contributed by atoms with van der Waals surface area (Å²) in [6.07, 6.45) is 1.33. The molecule has 2 amide bonds. The maximum atomic E-state index is 12.2. The van der Waals surface area contributed by atoms with E-state index >= 15 is 0 Å². The number of benzene rings is 3. The Bertz CT molecular complexity index is 906. The molecule has 0 aromatic heterocycles. The Morgan fingerprint density at radius 1 is 0.750 bits per heavy atom. The quantitative estimate of drug-likeness (QED) is 0.635. The van der Waals surface area contributed by atoms with Gasteiger partial charge >= 0.3 is 0 Å². The fourth-order valence-corrected chi connectivity index (χ4v) is 3.09. The van der Waals surface area contributed by atoms with Crippen LogP contribution in [0.2, 0.25) is 0 Å². The van der Waals surface area contributed by atoms with E-state index in [0.717, 1.165) is 22.3 Å². The Kier molecular flexibility index (Phi) is 6.58. The van der Waals surface area contributed by atoms with Crippen LogP contribution in [0.4, 0.5) is 0 Å². The average Bonchev–Trinajstić information content (AvgIpc) is 2.73. The molecule has 0 unspecified atom stereocenters. The number of amides is 2. The van der Waals surface area contributed by atoms with Crippen molar-refractivity contribution in [1.29, 1.82) is 0 Å². The molecular weight excluding hydrogens is 348 g/mol. The zero-order valence-corrected chi connectivity index (χ0v) is 15.7. The van der Waals surface area contributed by atoms with E-state index in [9.17, 15) is 9.59 Å². The molecule has 0 aliphatic rings. The minimum Gasteiger partial charge on any atom is -0.368 e. The van der Waals surface area contributed by atoms with Crippen molar-refractivity contribution < 1.29 is 9.59 Å². The molecule has 0 spiro atoms. The van der Waals surface area contributed by atoms with E-state index in [-0.39, 0.29) is 5.91 Å². The monoisotopic (exact) mass is 372 g/mol. The van der Waals surface area contributed by atoms with Crippen molar-refractivity contribution in [1.82, 2.24) is 5.32 Å². The van der Waals surface area contributed by atoms with Crippen LogP contribution >= 0.6 is 0 Å². The zero-order valence-electron chi connectivity index (χ0n) is 15.7. The average molecular weight is 372 g/mol. The SMILES string of the molecule is NC(=O)[C@@H](Cc1ccc(-c2ccccc2)cc1)NC(=O)CCc1ccccc1. The van der Waals surface area contributed by atoms with E-state index in [1.54, 1.807) is 0 Å². The van der Waals surface area contributed by atoms with Crippen LogP contribution in [0, 0.1) is 0 Å². The molecule has 0 fully saturated rings. The van der Waals surface area contributed by atoms with Gasteiger partial charge in [-0.15, -0.1) is 0 Å². The van der Waals surface area contributed by atoms with Crippen molar-refractivity contribution in [2.45, 2.75) is 25.3 Å². The molecular formula is C24H24N2O2. The normalized spacial score (nSPS) is 11.6. The predicted molar refractivity (Wildman–Crippen MR) is 111 cm³/mol. The van der Waals surface area contributed by atoms with E-state index in [1.807, 2.05) is 84.9 Å². The largest absolute Gasteiger partial charge is 0.368 e. The molecule has 4 heteroatoms. The first-order valence-electron chi connectivity index (χ1n) is 9.39. The molecule has 3 aromatic carbocycles. The van der Waals surface area contributed by atoms with Gasteiger partial charge in [0.25, 0.3) is 0 Å². The lowest BCUT2D eigenvalue weighted by molar-refractivity contribution is -0.127. The summed E-state index contributed by atoms with van der Waals surface area (Å²) in [5.74, 6) is -0.700. The van der Waals surface area contributed by atoms with E-state index in [2.05, 4.69) is 5.32 Å². The minimum absolute atomic E-state index is 0.173. The van der Waals surface area contributed by atoms with Crippen molar-refractivity contribution in [3.8, 4) is 11.1 Å². The predicted octanol–water partition coefficient (Wildman–Crippen LogP) is 3.50. The summed E-state index contributed by atoms with van der Waals surface area (Å²) in [6.45, 7) is 0. The van der Waals surface area contributed by atoms with Crippen LogP contribution in [0.3, 0.4) is 0 Å². The van der Waals surface area contributed by atoms with Gasteiger partial charge in [-0.05, 0) is 28.7 Å². The van der Waals surface area contributed by atoms with E-state index in [0.29, 0.717) is 19.3 Å². The second kappa shape index (κ2) is 9.51. The number of hydrogen-bond donors (Lipinski definition) is 2. The first kappa shape index (κ1) is 19.4. The molecule has 1 atom stereocenters. The number of carbonyl (C=O) groups is 2. The summed E-state index contributed by atoms with van der Waals surface area (Å²) in [4.78, 5) is 24.1. The van der Waals surface area contributed by atoms with Crippen LogP contribution in [0.1, 0.15) is 17.5 Å². The van der Waals surface area contributed by atoms with Gasteiger partial charge < -0.3 is 11.1 Å². The highest BCUT2D eigenvalue weighted by Gasteiger charge is 2.18. The molecule has 0 aliphatic heterocycles. The molecule has 3 aromatic rings. The Hall–Kier alpha value is -3.40. The first-order chi connectivity index (χ1) is 13.6. The second-order valence-corrected chi connectivity index (χ2v) is 6.78. The third kappa shape index (κ3) is 5.55. The van der Waals surface area contributed by atoms with Crippen molar-refractivity contribution in [3.05, 3.63) is 96.1 Å². The topological polar surface area (TPSA) is 72.2 Å². The number of aryl methyl sites for hydroxylation is 1. The Labute approximate surface area is 165 Å². The van der Waals surface area contributed by atoms with E-state index in [1.165, 1.54) is 0 Å². The van der Waals surface area contributed by atoms with Gasteiger partial charge in [0.05, 0.1) is 0 Å². The lowest BCUT2D eigenvalue weighted by atomic mass is 10.00. The Morgan fingerprint density at radius 3 is 1.93 bits per heavy atom. The summed E-state index contributed by atoms with van der Waals surface area (Å²) >= 11 is 0. The lowest BCUT2D eigenvalue weighted by Crippen LogP contribution is -2.45. The lowest BCUT2D eigenvalue weighted by Gasteiger charge is -2.16. The maximum Gasteiger partial charge on any atom is 0.240 e.